The molecular formula is C16H18N4O3. The number of nitrogens with one attached hydrogen (secondary N) is 3. The molecule has 0 atom stereocenters. The standard InChI is InChI=1S/C16H18N4O3/c1-8-4-5-11-10(3)14(23-13(11)9(8)2)15(21)17-7-6-12-18-16(22)20-19-12/h4-5H,6-7H2,1-3H3,(H,17,21)(H2,18,19,20,22). The van der Waals surface area contributed by atoms with Gasteiger partial charge in [-0.05, 0) is 31.9 Å². The Balaban J connectivity index is 1.77. The van der Waals surface area contributed by atoms with Crippen LogP contribution in [-0.4, -0.2) is 27.6 Å². The second kappa shape index (κ2) is 5.75. The fourth-order valence-electron chi connectivity index (χ4n) is 2.53. The minimum Gasteiger partial charge on any atom is -0.450 e. The number of amides is 1. The number of aromatic nitrogens is 3. The summed E-state index contributed by atoms with van der Waals surface area (Å²) in [7, 11) is 0. The molecule has 0 bridgehead atoms. The Kier molecular flexibility index (Phi) is 3.77. The minimum atomic E-state index is -0.356. The predicted octanol–water partition coefficient (Wildman–Crippen LogP) is 1.74. The van der Waals surface area contributed by atoms with Crippen molar-refractivity contribution < 1.29 is 9.21 Å². The van der Waals surface area contributed by atoms with Gasteiger partial charge < -0.3 is 9.73 Å². The number of rotatable bonds is 4. The first-order valence-corrected chi connectivity index (χ1v) is 7.38. The van der Waals surface area contributed by atoms with Gasteiger partial charge in [-0.25, -0.2) is 9.89 Å². The van der Waals surface area contributed by atoms with E-state index in [1.165, 1.54) is 0 Å². The molecule has 0 spiro atoms. The zero-order valence-electron chi connectivity index (χ0n) is 13.2. The minimum absolute atomic E-state index is 0.270. The van der Waals surface area contributed by atoms with E-state index in [0.717, 1.165) is 27.7 Å². The van der Waals surface area contributed by atoms with Gasteiger partial charge in [-0.3, -0.25) is 9.78 Å². The van der Waals surface area contributed by atoms with Crippen molar-refractivity contribution in [3.8, 4) is 0 Å². The van der Waals surface area contributed by atoms with Crippen LogP contribution >= 0.6 is 0 Å². The maximum atomic E-state index is 12.3. The van der Waals surface area contributed by atoms with Crippen molar-refractivity contribution >= 4 is 16.9 Å². The molecule has 120 valence electrons. The van der Waals surface area contributed by atoms with Crippen LogP contribution < -0.4 is 11.0 Å². The zero-order chi connectivity index (χ0) is 16.6. The van der Waals surface area contributed by atoms with Gasteiger partial charge in [-0.1, -0.05) is 12.1 Å². The monoisotopic (exact) mass is 314 g/mol. The van der Waals surface area contributed by atoms with Crippen molar-refractivity contribution in [2.24, 2.45) is 0 Å². The normalized spacial score (nSPS) is 11.1. The van der Waals surface area contributed by atoms with E-state index in [1.54, 1.807) is 0 Å². The summed E-state index contributed by atoms with van der Waals surface area (Å²) < 4.78 is 5.79. The SMILES string of the molecule is Cc1ccc2c(C)c(C(=O)NCCc3n[nH]c(=O)[nH]3)oc2c1C. The first kappa shape index (κ1) is 15.1. The number of aryl methyl sites for hydroxylation is 3. The van der Waals surface area contributed by atoms with Crippen LogP contribution in [0, 0.1) is 20.8 Å². The Morgan fingerprint density at radius 1 is 1.26 bits per heavy atom. The Labute approximate surface area is 132 Å². The molecule has 0 radical (unpaired) electrons. The Morgan fingerprint density at radius 3 is 2.74 bits per heavy atom. The summed E-state index contributed by atoms with van der Waals surface area (Å²) in [5.74, 6) is 0.556. The third-order valence-electron chi connectivity index (χ3n) is 4.03. The van der Waals surface area contributed by atoms with Crippen LogP contribution in [0.5, 0.6) is 0 Å². The number of benzene rings is 1. The Hall–Kier alpha value is -2.83. The summed E-state index contributed by atoms with van der Waals surface area (Å²) >= 11 is 0. The molecule has 0 aliphatic carbocycles. The van der Waals surface area contributed by atoms with Crippen molar-refractivity contribution in [3.63, 3.8) is 0 Å². The maximum Gasteiger partial charge on any atom is 0.340 e. The molecular weight excluding hydrogens is 296 g/mol. The highest BCUT2D eigenvalue weighted by molar-refractivity contribution is 5.99. The summed E-state index contributed by atoms with van der Waals surface area (Å²) in [6, 6.07) is 4.00. The highest BCUT2D eigenvalue weighted by atomic mass is 16.3. The maximum absolute atomic E-state index is 12.3. The smallest absolute Gasteiger partial charge is 0.340 e. The second-order valence-electron chi connectivity index (χ2n) is 5.57. The summed E-state index contributed by atoms with van der Waals surface area (Å²) in [5.41, 5.74) is 3.39. The van der Waals surface area contributed by atoms with Gasteiger partial charge in [0, 0.05) is 23.9 Å². The molecule has 7 nitrogen and oxygen atoms in total. The molecule has 0 saturated carbocycles. The average molecular weight is 314 g/mol. The van der Waals surface area contributed by atoms with E-state index in [1.807, 2.05) is 32.9 Å². The van der Waals surface area contributed by atoms with E-state index in [0.29, 0.717) is 24.6 Å². The Bertz CT molecular complexity index is 933. The van der Waals surface area contributed by atoms with Crippen molar-refractivity contribution in [3.05, 3.63) is 50.9 Å². The topological polar surface area (TPSA) is 104 Å². The van der Waals surface area contributed by atoms with Crippen LogP contribution in [0.4, 0.5) is 0 Å². The van der Waals surface area contributed by atoms with Gasteiger partial charge in [-0.15, -0.1) is 0 Å². The average Bonchev–Trinajstić information content (AvgIpc) is 3.07. The lowest BCUT2D eigenvalue weighted by Gasteiger charge is -2.02. The highest BCUT2D eigenvalue weighted by Gasteiger charge is 2.18. The van der Waals surface area contributed by atoms with Crippen molar-refractivity contribution in [2.75, 3.05) is 6.54 Å². The lowest BCUT2D eigenvalue weighted by atomic mass is 10.0. The first-order valence-electron chi connectivity index (χ1n) is 7.38. The number of carbonyl (C=O) groups is 1. The molecule has 0 aliphatic heterocycles. The van der Waals surface area contributed by atoms with Crippen LogP contribution in [0.3, 0.4) is 0 Å². The molecule has 0 fully saturated rings. The molecule has 0 saturated heterocycles. The van der Waals surface area contributed by atoms with Crippen LogP contribution in [0.25, 0.3) is 11.0 Å². The number of hydrogen-bond acceptors (Lipinski definition) is 4. The van der Waals surface area contributed by atoms with E-state index in [4.69, 9.17) is 4.42 Å². The van der Waals surface area contributed by atoms with E-state index < -0.39 is 0 Å². The van der Waals surface area contributed by atoms with Crippen LogP contribution in [0.2, 0.25) is 0 Å². The van der Waals surface area contributed by atoms with Gasteiger partial charge in [0.05, 0.1) is 0 Å². The quantitative estimate of drug-likeness (QED) is 0.682. The lowest BCUT2D eigenvalue weighted by molar-refractivity contribution is 0.0927. The molecule has 2 heterocycles. The summed E-state index contributed by atoms with van der Waals surface area (Å²) in [5, 5.41) is 9.81. The van der Waals surface area contributed by atoms with E-state index >= 15 is 0 Å². The van der Waals surface area contributed by atoms with Gasteiger partial charge in [0.1, 0.15) is 11.4 Å². The van der Waals surface area contributed by atoms with E-state index in [-0.39, 0.29) is 11.6 Å². The van der Waals surface area contributed by atoms with Gasteiger partial charge >= 0.3 is 5.69 Å². The number of fused-ring (bicyclic) bond motifs is 1. The molecule has 0 aliphatic rings. The van der Waals surface area contributed by atoms with Crippen molar-refractivity contribution in [1.82, 2.24) is 20.5 Å². The number of carbonyl (C=O) groups excluding carboxylic acids is 1. The molecule has 3 aromatic rings. The lowest BCUT2D eigenvalue weighted by Crippen LogP contribution is -2.26. The molecule has 7 heteroatoms. The molecule has 1 amide bonds. The number of aromatic amines is 2. The second-order valence-corrected chi connectivity index (χ2v) is 5.57. The number of furan rings is 1. The van der Waals surface area contributed by atoms with Crippen molar-refractivity contribution in [2.45, 2.75) is 27.2 Å². The molecule has 2 aromatic heterocycles. The third kappa shape index (κ3) is 2.77. The van der Waals surface area contributed by atoms with Crippen LogP contribution in [-0.2, 0) is 6.42 Å². The van der Waals surface area contributed by atoms with Gasteiger partial charge in [0.15, 0.2) is 5.76 Å². The summed E-state index contributed by atoms with van der Waals surface area (Å²) in [6.45, 7) is 6.22. The Morgan fingerprint density at radius 2 is 2.04 bits per heavy atom. The van der Waals surface area contributed by atoms with Gasteiger partial charge in [0.25, 0.3) is 5.91 Å². The van der Waals surface area contributed by atoms with Gasteiger partial charge in [0.2, 0.25) is 0 Å². The molecule has 1 aromatic carbocycles. The molecule has 3 rings (SSSR count). The van der Waals surface area contributed by atoms with Crippen molar-refractivity contribution in [1.29, 1.82) is 0 Å². The predicted molar refractivity (Wildman–Crippen MR) is 85.7 cm³/mol. The molecule has 0 unspecified atom stereocenters. The van der Waals surface area contributed by atoms with Crippen LogP contribution in [0.15, 0.2) is 21.3 Å². The molecule has 3 N–H and O–H groups in total. The van der Waals surface area contributed by atoms with Crippen LogP contribution in [0.1, 0.15) is 33.1 Å². The zero-order valence-corrected chi connectivity index (χ0v) is 13.2. The largest absolute Gasteiger partial charge is 0.450 e. The first-order chi connectivity index (χ1) is 11.0. The van der Waals surface area contributed by atoms with E-state index in [9.17, 15) is 9.59 Å². The van der Waals surface area contributed by atoms with Gasteiger partial charge in [-0.2, -0.15) is 5.10 Å². The fraction of sp³-hybridized carbons (Fsp3) is 0.312. The molecule has 23 heavy (non-hydrogen) atoms. The van der Waals surface area contributed by atoms with E-state index in [2.05, 4.69) is 20.5 Å². The fourth-order valence-corrected chi connectivity index (χ4v) is 2.53. The summed E-state index contributed by atoms with van der Waals surface area (Å²) in [6.07, 6.45) is 0.432. The number of H-pyrrole nitrogens is 2. The number of hydrogen-bond donors (Lipinski definition) is 3. The third-order valence-corrected chi connectivity index (χ3v) is 4.03. The number of nitrogens with zero attached hydrogens (tertiary/aromatic N) is 1. The summed E-state index contributed by atoms with van der Waals surface area (Å²) in [4.78, 5) is 25.8. The highest BCUT2D eigenvalue weighted by Crippen LogP contribution is 2.29.